The normalized spacial score (nSPS) is 22.6. The number of piperazine rings is 1. The molecule has 8 heteroatoms. The SMILES string of the molecule is CCN=C(NC1CC1c1ccc(Br)cc1)N1CCN(Cc2ccon2)CC1.I. The molecule has 1 aliphatic carbocycles. The molecule has 0 bridgehead atoms. The zero-order chi connectivity index (χ0) is 18.6. The zero-order valence-electron chi connectivity index (χ0n) is 16.1. The molecule has 2 aliphatic rings. The van der Waals surface area contributed by atoms with E-state index in [1.165, 1.54) is 12.0 Å². The van der Waals surface area contributed by atoms with Crippen LogP contribution in [0.4, 0.5) is 0 Å². The van der Waals surface area contributed by atoms with E-state index in [2.05, 4.69) is 67.4 Å². The largest absolute Gasteiger partial charge is 0.364 e. The van der Waals surface area contributed by atoms with Crippen molar-refractivity contribution in [3.8, 4) is 0 Å². The molecule has 0 amide bonds. The minimum atomic E-state index is 0. The summed E-state index contributed by atoms with van der Waals surface area (Å²) in [4.78, 5) is 9.55. The number of nitrogens with one attached hydrogen (secondary N) is 1. The highest BCUT2D eigenvalue weighted by molar-refractivity contribution is 14.0. The fourth-order valence-electron chi connectivity index (χ4n) is 3.65. The fourth-order valence-corrected chi connectivity index (χ4v) is 3.92. The van der Waals surface area contributed by atoms with Crippen LogP contribution in [0.1, 0.15) is 30.5 Å². The van der Waals surface area contributed by atoms with Gasteiger partial charge in [0.1, 0.15) is 6.26 Å². The molecular weight excluding hydrogens is 533 g/mol. The van der Waals surface area contributed by atoms with Gasteiger partial charge in [0.2, 0.25) is 0 Å². The summed E-state index contributed by atoms with van der Waals surface area (Å²) in [6.45, 7) is 7.75. The van der Waals surface area contributed by atoms with Gasteiger partial charge < -0.3 is 14.7 Å². The van der Waals surface area contributed by atoms with Gasteiger partial charge >= 0.3 is 0 Å². The van der Waals surface area contributed by atoms with Crippen LogP contribution in [0.25, 0.3) is 0 Å². The third kappa shape index (κ3) is 5.48. The molecule has 28 heavy (non-hydrogen) atoms. The minimum Gasteiger partial charge on any atom is -0.364 e. The molecule has 152 valence electrons. The van der Waals surface area contributed by atoms with Crippen LogP contribution in [-0.2, 0) is 6.54 Å². The van der Waals surface area contributed by atoms with E-state index in [-0.39, 0.29) is 24.0 Å². The van der Waals surface area contributed by atoms with Crippen LogP contribution < -0.4 is 5.32 Å². The molecule has 1 saturated heterocycles. The van der Waals surface area contributed by atoms with Gasteiger partial charge in [-0.2, -0.15) is 0 Å². The van der Waals surface area contributed by atoms with Crippen LogP contribution >= 0.6 is 39.9 Å². The Morgan fingerprint density at radius 2 is 1.96 bits per heavy atom. The summed E-state index contributed by atoms with van der Waals surface area (Å²) in [5, 5.41) is 7.72. The number of aromatic nitrogens is 1. The first-order chi connectivity index (χ1) is 13.2. The molecule has 4 rings (SSSR count). The van der Waals surface area contributed by atoms with Gasteiger partial charge in [0.25, 0.3) is 0 Å². The zero-order valence-corrected chi connectivity index (χ0v) is 20.0. The summed E-state index contributed by atoms with van der Waals surface area (Å²) in [5.74, 6) is 1.65. The van der Waals surface area contributed by atoms with E-state index < -0.39 is 0 Å². The smallest absolute Gasteiger partial charge is 0.194 e. The van der Waals surface area contributed by atoms with Gasteiger partial charge in [-0.1, -0.05) is 33.2 Å². The van der Waals surface area contributed by atoms with Crippen LogP contribution in [0.15, 0.2) is 50.6 Å². The number of nitrogens with zero attached hydrogens (tertiary/aromatic N) is 4. The average Bonchev–Trinajstić information content (AvgIpc) is 3.25. The molecular formula is C20H27BrIN5O. The molecule has 6 nitrogen and oxygen atoms in total. The number of aliphatic imine (C=N–C) groups is 1. The maximum absolute atomic E-state index is 4.93. The molecule has 0 spiro atoms. The van der Waals surface area contributed by atoms with Gasteiger partial charge in [0.15, 0.2) is 5.96 Å². The monoisotopic (exact) mass is 559 g/mol. The third-order valence-corrected chi connectivity index (χ3v) is 5.79. The first kappa shape index (κ1) is 21.6. The summed E-state index contributed by atoms with van der Waals surface area (Å²) < 4.78 is 6.06. The Bertz CT molecular complexity index is 759. The number of guanidine groups is 1. The summed E-state index contributed by atoms with van der Waals surface area (Å²) in [6.07, 6.45) is 2.81. The molecule has 1 aliphatic heterocycles. The van der Waals surface area contributed by atoms with E-state index in [4.69, 9.17) is 9.52 Å². The Hall–Kier alpha value is -1.13. The van der Waals surface area contributed by atoms with Crippen molar-refractivity contribution in [2.75, 3.05) is 32.7 Å². The van der Waals surface area contributed by atoms with Gasteiger partial charge in [-0.3, -0.25) is 9.89 Å². The second-order valence-electron chi connectivity index (χ2n) is 7.20. The quantitative estimate of drug-likeness (QED) is 0.344. The minimum absolute atomic E-state index is 0. The van der Waals surface area contributed by atoms with Crippen LogP contribution in [0.5, 0.6) is 0 Å². The first-order valence-corrected chi connectivity index (χ1v) is 10.4. The van der Waals surface area contributed by atoms with Crippen LogP contribution in [-0.4, -0.2) is 59.7 Å². The van der Waals surface area contributed by atoms with Crippen molar-refractivity contribution in [1.29, 1.82) is 0 Å². The molecule has 1 aromatic heterocycles. The second kappa shape index (κ2) is 10.1. The van der Waals surface area contributed by atoms with E-state index in [9.17, 15) is 0 Å². The lowest BCUT2D eigenvalue weighted by Gasteiger charge is -2.36. The fraction of sp³-hybridized carbons (Fsp3) is 0.500. The molecule has 1 saturated carbocycles. The number of benzene rings is 1. The maximum Gasteiger partial charge on any atom is 0.194 e. The van der Waals surface area contributed by atoms with Gasteiger partial charge in [0, 0.05) is 61.8 Å². The van der Waals surface area contributed by atoms with Crippen molar-refractivity contribution in [1.82, 2.24) is 20.3 Å². The van der Waals surface area contributed by atoms with Gasteiger partial charge in [-0.05, 0) is 31.0 Å². The maximum atomic E-state index is 4.93. The lowest BCUT2D eigenvalue weighted by molar-refractivity contribution is 0.169. The number of halogens is 2. The molecule has 2 atom stereocenters. The highest BCUT2D eigenvalue weighted by Crippen LogP contribution is 2.41. The van der Waals surface area contributed by atoms with Gasteiger partial charge in [-0.15, -0.1) is 24.0 Å². The highest BCUT2D eigenvalue weighted by Gasteiger charge is 2.39. The van der Waals surface area contributed by atoms with Crippen molar-refractivity contribution < 1.29 is 4.52 Å². The topological polar surface area (TPSA) is 56.9 Å². The third-order valence-electron chi connectivity index (χ3n) is 5.26. The van der Waals surface area contributed by atoms with Crippen molar-refractivity contribution in [2.45, 2.75) is 31.8 Å². The molecule has 2 fully saturated rings. The van der Waals surface area contributed by atoms with Gasteiger partial charge in [-0.25, -0.2) is 0 Å². The van der Waals surface area contributed by atoms with Crippen molar-refractivity contribution in [3.63, 3.8) is 0 Å². The molecule has 2 aromatic rings. The first-order valence-electron chi connectivity index (χ1n) is 9.66. The van der Waals surface area contributed by atoms with E-state index in [1.807, 2.05) is 6.07 Å². The highest BCUT2D eigenvalue weighted by atomic mass is 127. The summed E-state index contributed by atoms with van der Waals surface area (Å²) in [6, 6.07) is 11.1. The Morgan fingerprint density at radius 1 is 1.21 bits per heavy atom. The Morgan fingerprint density at radius 3 is 2.61 bits per heavy atom. The molecule has 0 radical (unpaired) electrons. The lowest BCUT2D eigenvalue weighted by atomic mass is 10.1. The summed E-state index contributed by atoms with van der Waals surface area (Å²) in [5.41, 5.74) is 2.41. The molecule has 2 heterocycles. The molecule has 1 aromatic carbocycles. The van der Waals surface area contributed by atoms with E-state index in [1.54, 1.807) is 6.26 Å². The molecule has 2 unspecified atom stereocenters. The number of rotatable bonds is 5. The summed E-state index contributed by atoms with van der Waals surface area (Å²) >= 11 is 3.51. The van der Waals surface area contributed by atoms with E-state index in [0.29, 0.717) is 12.0 Å². The second-order valence-corrected chi connectivity index (χ2v) is 8.11. The Labute approximate surface area is 191 Å². The van der Waals surface area contributed by atoms with Crippen LogP contribution in [0.2, 0.25) is 0 Å². The van der Waals surface area contributed by atoms with Gasteiger partial charge in [0.05, 0.1) is 5.69 Å². The standard InChI is InChI=1S/C20H26BrN5O.HI/c1-2-22-20(23-19-13-18(19)15-3-5-16(21)6-4-15)26-10-8-25(9-11-26)14-17-7-12-27-24-17;/h3-7,12,18-19H,2,8-11,13-14H2,1H3,(H,22,23);1H. The van der Waals surface area contributed by atoms with Crippen molar-refractivity contribution >= 4 is 45.9 Å². The van der Waals surface area contributed by atoms with Crippen LogP contribution in [0, 0.1) is 0 Å². The van der Waals surface area contributed by atoms with Crippen molar-refractivity contribution in [3.05, 3.63) is 52.3 Å². The van der Waals surface area contributed by atoms with E-state index >= 15 is 0 Å². The Balaban J connectivity index is 0.00000225. The average molecular weight is 560 g/mol. The number of hydrogen-bond acceptors (Lipinski definition) is 4. The summed E-state index contributed by atoms with van der Waals surface area (Å²) in [7, 11) is 0. The Kier molecular flexibility index (Phi) is 7.76. The molecule has 1 N–H and O–H groups in total. The lowest BCUT2D eigenvalue weighted by Crippen LogP contribution is -2.52. The predicted molar refractivity (Wildman–Crippen MR) is 125 cm³/mol. The van der Waals surface area contributed by atoms with Crippen molar-refractivity contribution in [2.24, 2.45) is 4.99 Å². The predicted octanol–water partition coefficient (Wildman–Crippen LogP) is 3.69. The van der Waals surface area contributed by atoms with Crippen LogP contribution in [0.3, 0.4) is 0 Å². The number of hydrogen-bond donors (Lipinski definition) is 1. The van der Waals surface area contributed by atoms with E-state index in [0.717, 1.165) is 55.4 Å².